The number of nitrogens with zero attached hydrogens (tertiary/aromatic N) is 1. The van der Waals surface area contributed by atoms with Gasteiger partial charge in [-0.3, -0.25) is 4.79 Å². The van der Waals surface area contributed by atoms with E-state index in [0.29, 0.717) is 9.13 Å². The number of ether oxygens (including phenoxy) is 1. The van der Waals surface area contributed by atoms with Crippen LogP contribution in [0.3, 0.4) is 0 Å². The van der Waals surface area contributed by atoms with Crippen LogP contribution in [0.1, 0.15) is 52.4 Å². The lowest BCUT2D eigenvalue weighted by molar-refractivity contribution is -0.143. The number of pyridine rings is 1. The Morgan fingerprint density at radius 2 is 1.96 bits per heavy atom. The Labute approximate surface area is 155 Å². The summed E-state index contributed by atoms with van der Waals surface area (Å²) >= 11 is 2.03. The van der Waals surface area contributed by atoms with Crippen molar-refractivity contribution in [3.05, 3.63) is 27.3 Å². The van der Waals surface area contributed by atoms with Gasteiger partial charge in [0.25, 0.3) is 0 Å². The Balaban J connectivity index is 2.40. The first-order chi connectivity index (χ1) is 11.1. The average molecular weight is 449 g/mol. The minimum atomic E-state index is -0.758. The fraction of sp³-hybridized carbons (Fsp3) is 0.625. The highest BCUT2D eigenvalue weighted by molar-refractivity contribution is 14.1. The Morgan fingerprint density at radius 3 is 2.46 bits per heavy atom. The molecule has 1 unspecified atom stereocenters. The van der Waals surface area contributed by atoms with Crippen molar-refractivity contribution >= 4 is 35.7 Å². The second kappa shape index (κ2) is 7.25. The molecule has 0 N–H and O–H groups in total. The summed E-state index contributed by atoms with van der Waals surface area (Å²) in [7, 11) is -0.758. The number of carbonyl (C=O) groups excluding carboxylic acids is 1. The van der Waals surface area contributed by atoms with Gasteiger partial charge in [-0.2, -0.15) is 4.39 Å². The van der Waals surface area contributed by atoms with Gasteiger partial charge in [0.2, 0.25) is 5.95 Å². The van der Waals surface area contributed by atoms with Crippen LogP contribution in [0.2, 0.25) is 0 Å². The summed E-state index contributed by atoms with van der Waals surface area (Å²) in [6.07, 6.45) is 1.36. The molecular formula is C16H22BFINO4. The highest BCUT2D eigenvalue weighted by Gasteiger charge is 2.55. The smallest absolute Gasteiger partial charge is 0.466 e. The molecule has 24 heavy (non-hydrogen) atoms. The molecule has 5 nitrogen and oxygen atoms in total. The molecular weight excluding hydrogens is 427 g/mol. The summed E-state index contributed by atoms with van der Waals surface area (Å²) < 4.78 is 32.2. The molecule has 2 rings (SSSR count). The predicted octanol–water partition coefficient (Wildman–Crippen LogP) is 3.49. The molecule has 0 saturated carbocycles. The Morgan fingerprint density at radius 1 is 1.38 bits per heavy atom. The zero-order chi connectivity index (χ0) is 18.1. The topological polar surface area (TPSA) is 57.7 Å². The van der Waals surface area contributed by atoms with Crippen molar-refractivity contribution in [2.75, 3.05) is 6.61 Å². The maximum Gasteiger partial charge on any atom is 0.466 e. The minimum absolute atomic E-state index is 0.0384. The standard InChI is InChI=1S/C16H22BFINO4/c1-6-22-12(21)9-10(13-11(19)7-8-20-14(13)18)17-23-15(2,3)16(4,5)24-17/h7-8,10H,6,9H2,1-5H3. The second-order valence-corrected chi connectivity index (χ2v) is 7.90. The predicted molar refractivity (Wildman–Crippen MR) is 97.0 cm³/mol. The van der Waals surface area contributed by atoms with Gasteiger partial charge in [0, 0.05) is 21.1 Å². The van der Waals surface area contributed by atoms with Crippen molar-refractivity contribution in [3.63, 3.8) is 0 Å². The first-order valence-electron chi connectivity index (χ1n) is 7.90. The molecule has 1 aromatic rings. The summed E-state index contributed by atoms with van der Waals surface area (Å²) in [5.41, 5.74) is -0.826. The van der Waals surface area contributed by atoms with E-state index in [1.165, 1.54) is 6.20 Å². The lowest BCUT2D eigenvalue weighted by Crippen LogP contribution is -2.41. The third-order valence-corrected chi connectivity index (χ3v) is 5.49. The molecule has 0 bridgehead atoms. The van der Waals surface area contributed by atoms with Gasteiger partial charge in [0.15, 0.2) is 0 Å². The quantitative estimate of drug-likeness (QED) is 0.298. The molecule has 132 valence electrons. The van der Waals surface area contributed by atoms with Crippen LogP contribution in [-0.4, -0.2) is 35.9 Å². The first-order valence-corrected chi connectivity index (χ1v) is 8.98. The molecule has 1 aliphatic heterocycles. The lowest BCUT2D eigenvalue weighted by atomic mass is 9.66. The van der Waals surface area contributed by atoms with Gasteiger partial charge in [0.1, 0.15) is 0 Å². The van der Waals surface area contributed by atoms with Gasteiger partial charge in [-0.15, -0.1) is 0 Å². The highest BCUT2D eigenvalue weighted by Crippen LogP contribution is 2.42. The van der Waals surface area contributed by atoms with Crippen molar-refractivity contribution in [2.24, 2.45) is 0 Å². The van der Waals surface area contributed by atoms with E-state index >= 15 is 0 Å². The molecule has 1 atom stereocenters. The van der Waals surface area contributed by atoms with Gasteiger partial charge in [0.05, 0.1) is 24.2 Å². The van der Waals surface area contributed by atoms with Crippen molar-refractivity contribution < 1.29 is 23.2 Å². The Bertz CT molecular complexity index is 590. The van der Waals surface area contributed by atoms with Crippen LogP contribution in [0.25, 0.3) is 0 Å². The zero-order valence-electron chi connectivity index (χ0n) is 14.6. The number of halogens is 2. The molecule has 1 saturated heterocycles. The zero-order valence-corrected chi connectivity index (χ0v) is 16.7. The first kappa shape index (κ1) is 19.6. The largest absolute Gasteiger partial charge is 0.466 e. The van der Waals surface area contributed by atoms with E-state index in [9.17, 15) is 9.18 Å². The minimum Gasteiger partial charge on any atom is -0.466 e. The van der Waals surface area contributed by atoms with Crippen LogP contribution >= 0.6 is 22.6 Å². The maximum absolute atomic E-state index is 14.4. The van der Waals surface area contributed by atoms with Crippen molar-refractivity contribution in [3.8, 4) is 0 Å². The van der Waals surface area contributed by atoms with Crippen molar-refractivity contribution in [1.82, 2.24) is 4.98 Å². The average Bonchev–Trinajstić information content (AvgIpc) is 2.66. The monoisotopic (exact) mass is 449 g/mol. The number of hydrogen-bond acceptors (Lipinski definition) is 5. The van der Waals surface area contributed by atoms with E-state index in [0.717, 1.165) is 0 Å². The van der Waals surface area contributed by atoms with Crippen molar-refractivity contribution in [1.29, 1.82) is 0 Å². The molecule has 1 aliphatic rings. The lowest BCUT2D eigenvalue weighted by Gasteiger charge is -2.32. The van der Waals surface area contributed by atoms with Crippen LogP contribution in [-0.2, 0) is 18.8 Å². The van der Waals surface area contributed by atoms with E-state index in [2.05, 4.69) is 4.98 Å². The normalized spacial score (nSPS) is 20.0. The SMILES string of the molecule is CCOC(=O)CC(B1OC(C)(C)C(C)(C)O1)c1c(I)ccnc1F. The highest BCUT2D eigenvalue weighted by atomic mass is 127. The molecule has 1 aromatic heterocycles. The fourth-order valence-corrected chi connectivity index (χ4v) is 3.33. The second-order valence-electron chi connectivity index (χ2n) is 6.74. The van der Waals surface area contributed by atoms with E-state index in [4.69, 9.17) is 14.0 Å². The van der Waals surface area contributed by atoms with E-state index < -0.39 is 36.1 Å². The van der Waals surface area contributed by atoms with E-state index in [1.54, 1.807) is 13.0 Å². The molecule has 0 radical (unpaired) electrons. The van der Waals surface area contributed by atoms with Crippen LogP contribution < -0.4 is 0 Å². The number of hydrogen-bond donors (Lipinski definition) is 0. The van der Waals surface area contributed by atoms with Crippen LogP contribution in [0.4, 0.5) is 4.39 Å². The number of rotatable bonds is 5. The third kappa shape index (κ3) is 3.91. The van der Waals surface area contributed by atoms with Crippen LogP contribution in [0, 0.1) is 9.52 Å². The summed E-state index contributed by atoms with van der Waals surface area (Å²) in [5.74, 6) is -1.67. The maximum atomic E-state index is 14.4. The number of aromatic nitrogens is 1. The molecule has 0 aliphatic carbocycles. The summed E-state index contributed by atoms with van der Waals surface area (Å²) in [4.78, 5) is 15.8. The molecule has 8 heteroatoms. The van der Waals surface area contributed by atoms with Crippen molar-refractivity contribution in [2.45, 2.75) is 58.1 Å². The molecule has 0 spiro atoms. The molecule has 0 aromatic carbocycles. The summed E-state index contributed by atoms with van der Waals surface area (Å²) in [6.45, 7) is 9.66. The molecule has 2 heterocycles. The van der Waals surface area contributed by atoms with Gasteiger partial charge in [-0.25, -0.2) is 4.98 Å². The van der Waals surface area contributed by atoms with Gasteiger partial charge < -0.3 is 14.0 Å². The Hall–Kier alpha value is -0.735. The van der Waals surface area contributed by atoms with Crippen LogP contribution in [0.5, 0.6) is 0 Å². The number of carbonyl (C=O) groups is 1. The summed E-state index contributed by atoms with van der Waals surface area (Å²) in [5, 5.41) is 0. The van der Waals surface area contributed by atoms with Gasteiger partial charge >= 0.3 is 13.1 Å². The Kier molecular flexibility index (Phi) is 5.92. The fourth-order valence-electron chi connectivity index (χ4n) is 2.54. The van der Waals surface area contributed by atoms with E-state index in [1.807, 2.05) is 50.3 Å². The number of esters is 1. The molecule has 0 amide bonds. The van der Waals surface area contributed by atoms with Gasteiger partial charge in [-0.1, -0.05) is 0 Å². The summed E-state index contributed by atoms with van der Waals surface area (Å²) in [6, 6.07) is 1.70. The van der Waals surface area contributed by atoms with Gasteiger partial charge in [-0.05, 0) is 63.3 Å². The third-order valence-electron chi connectivity index (χ3n) is 4.55. The molecule has 1 fully saturated rings. The van der Waals surface area contributed by atoms with E-state index in [-0.39, 0.29) is 13.0 Å². The van der Waals surface area contributed by atoms with Crippen LogP contribution in [0.15, 0.2) is 12.3 Å².